The van der Waals surface area contributed by atoms with Crippen LogP contribution in [-0.4, -0.2) is 16.8 Å². The third-order valence-electron chi connectivity index (χ3n) is 3.23. The number of hydrogen-bond donors (Lipinski definition) is 2. The molecule has 3 aromatic rings. The minimum absolute atomic E-state index is 0.252. The van der Waals surface area contributed by atoms with Crippen molar-refractivity contribution in [2.45, 2.75) is 13.5 Å². The summed E-state index contributed by atoms with van der Waals surface area (Å²) in [4.78, 5) is 0. The fraction of sp³-hybridized carbons (Fsp3) is 0.143. The quantitative estimate of drug-likeness (QED) is 0.704. The van der Waals surface area contributed by atoms with Gasteiger partial charge in [-0.2, -0.15) is 0 Å². The zero-order chi connectivity index (χ0) is 17.9. The van der Waals surface area contributed by atoms with Crippen LogP contribution in [0.15, 0.2) is 78.9 Å². The van der Waals surface area contributed by atoms with Crippen molar-refractivity contribution in [1.82, 2.24) is 0 Å². The fourth-order valence-corrected chi connectivity index (χ4v) is 1.99. The van der Waals surface area contributed by atoms with Gasteiger partial charge in [0.25, 0.3) is 0 Å². The second-order valence-corrected chi connectivity index (χ2v) is 5.20. The van der Waals surface area contributed by atoms with Crippen molar-refractivity contribution >= 4 is 0 Å². The molecule has 4 heteroatoms. The molecule has 0 fully saturated rings. The first-order chi connectivity index (χ1) is 12.2. The summed E-state index contributed by atoms with van der Waals surface area (Å²) in [6, 6.07) is 23.4. The molecular formula is C21H22O4. The second-order valence-electron chi connectivity index (χ2n) is 5.20. The molecule has 130 valence electrons. The Hall–Kier alpha value is -3.14. The van der Waals surface area contributed by atoms with E-state index < -0.39 is 0 Å². The Morgan fingerprint density at radius 1 is 0.640 bits per heavy atom. The SMILES string of the molecule is CCOc1ccc(O)cc1.Oc1ccc(OCc2ccccc2)cc1. The van der Waals surface area contributed by atoms with Crippen LogP contribution in [0.5, 0.6) is 23.0 Å². The standard InChI is InChI=1S/C13H12O2.C8H10O2/c14-12-6-8-13(9-7-12)15-10-11-4-2-1-3-5-11;1-2-10-8-5-3-7(9)4-6-8/h1-9,14H,10H2;3-6,9H,2H2,1H3. The molecule has 0 atom stereocenters. The van der Waals surface area contributed by atoms with Gasteiger partial charge in [-0.15, -0.1) is 0 Å². The van der Waals surface area contributed by atoms with Gasteiger partial charge in [-0.05, 0) is 61.0 Å². The van der Waals surface area contributed by atoms with Crippen LogP contribution in [0.2, 0.25) is 0 Å². The summed E-state index contributed by atoms with van der Waals surface area (Å²) < 4.78 is 10.7. The minimum atomic E-state index is 0.252. The van der Waals surface area contributed by atoms with Crippen LogP contribution >= 0.6 is 0 Å². The Labute approximate surface area is 147 Å². The summed E-state index contributed by atoms with van der Waals surface area (Å²) in [5.74, 6) is 2.07. The molecule has 0 aliphatic carbocycles. The molecule has 2 N–H and O–H groups in total. The molecule has 0 saturated carbocycles. The summed E-state index contributed by atoms with van der Waals surface area (Å²) in [5.41, 5.74) is 1.13. The van der Waals surface area contributed by atoms with E-state index in [9.17, 15) is 0 Å². The van der Waals surface area contributed by atoms with Crippen LogP contribution < -0.4 is 9.47 Å². The van der Waals surface area contributed by atoms with Gasteiger partial charge in [0.2, 0.25) is 0 Å². The van der Waals surface area contributed by atoms with Gasteiger partial charge in [0.1, 0.15) is 29.6 Å². The lowest BCUT2D eigenvalue weighted by Crippen LogP contribution is -1.94. The van der Waals surface area contributed by atoms with Crippen LogP contribution in [0.25, 0.3) is 0 Å². The number of hydrogen-bond acceptors (Lipinski definition) is 4. The van der Waals surface area contributed by atoms with Crippen LogP contribution in [0, 0.1) is 0 Å². The fourth-order valence-electron chi connectivity index (χ4n) is 1.99. The number of aromatic hydroxyl groups is 2. The molecule has 25 heavy (non-hydrogen) atoms. The van der Waals surface area contributed by atoms with E-state index in [1.807, 2.05) is 37.3 Å². The zero-order valence-electron chi connectivity index (χ0n) is 14.1. The van der Waals surface area contributed by atoms with Gasteiger partial charge in [-0.3, -0.25) is 0 Å². The maximum Gasteiger partial charge on any atom is 0.120 e. The van der Waals surface area contributed by atoms with E-state index in [1.54, 1.807) is 48.5 Å². The molecule has 4 nitrogen and oxygen atoms in total. The molecule has 0 saturated heterocycles. The van der Waals surface area contributed by atoms with Crippen molar-refractivity contribution in [2.24, 2.45) is 0 Å². The van der Waals surface area contributed by atoms with Gasteiger partial charge in [-0.1, -0.05) is 30.3 Å². The summed E-state index contributed by atoms with van der Waals surface area (Å²) in [6.45, 7) is 3.13. The highest BCUT2D eigenvalue weighted by atomic mass is 16.5. The van der Waals surface area contributed by atoms with Crippen molar-refractivity contribution < 1.29 is 19.7 Å². The van der Waals surface area contributed by atoms with Gasteiger partial charge >= 0.3 is 0 Å². The van der Waals surface area contributed by atoms with Gasteiger partial charge in [0.15, 0.2) is 0 Å². The normalized spacial score (nSPS) is 9.64. The van der Waals surface area contributed by atoms with Gasteiger partial charge in [0.05, 0.1) is 6.61 Å². The number of phenolic OH excluding ortho intramolecular Hbond substituents is 2. The van der Waals surface area contributed by atoms with Gasteiger partial charge < -0.3 is 19.7 Å². The second kappa shape index (κ2) is 9.88. The molecule has 0 bridgehead atoms. The first-order valence-electron chi connectivity index (χ1n) is 8.05. The minimum Gasteiger partial charge on any atom is -0.508 e. The Kier molecular flexibility index (Phi) is 7.19. The van der Waals surface area contributed by atoms with E-state index in [4.69, 9.17) is 19.7 Å². The lowest BCUT2D eigenvalue weighted by Gasteiger charge is -2.05. The number of phenols is 2. The monoisotopic (exact) mass is 338 g/mol. The van der Waals surface area contributed by atoms with Crippen molar-refractivity contribution in [3.63, 3.8) is 0 Å². The maximum absolute atomic E-state index is 9.09. The molecular weight excluding hydrogens is 316 g/mol. The van der Waals surface area contributed by atoms with Crippen molar-refractivity contribution in [3.05, 3.63) is 84.4 Å². The van der Waals surface area contributed by atoms with E-state index in [0.29, 0.717) is 13.2 Å². The van der Waals surface area contributed by atoms with Crippen LogP contribution in [-0.2, 0) is 6.61 Å². The predicted molar refractivity (Wildman–Crippen MR) is 98.2 cm³/mol. The summed E-state index contributed by atoms with van der Waals surface area (Å²) in [7, 11) is 0. The molecule has 3 rings (SSSR count). The highest BCUT2D eigenvalue weighted by Crippen LogP contribution is 2.17. The average molecular weight is 338 g/mol. The molecule has 0 spiro atoms. The van der Waals surface area contributed by atoms with Crippen LogP contribution in [0.3, 0.4) is 0 Å². The van der Waals surface area contributed by atoms with Crippen molar-refractivity contribution in [2.75, 3.05) is 6.61 Å². The highest BCUT2D eigenvalue weighted by molar-refractivity contribution is 5.31. The Morgan fingerprint density at radius 2 is 1.12 bits per heavy atom. The summed E-state index contributed by atoms with van der Waals surface area (Å²) in [5, 5.41) is 18.0. The van der Waals surface area contributed by atoms with E-state index in [1.165, 1.54) is 0 Å². The average Bonchev–Trinajstić information content (AvgIpc) is 2.65. The molecule has 0 unspecified atom stereocenters. The molecule has 0 aliphatic rings. The largest absolute Gasteiger partial charge is 0.508 e. The van der Waals surface area contributed by atoms with E-state index in [0.717, 1.165) is 17.1 Å². The first kappa shape index (κ1) is 18.2. The smallest absolute Gasteiger partial charge is 0.120 e. The first-order valence-corrected chi connectivity index (χ1v) is 8.05. The topological polar surface area (TPSA) is 58.9 Å². The van der Waals surface area contributed by atoms with Gasteiger partial charge in [0, 0.05) is 0 Å². The Morgan fingerprint density at radius 3 is 1.60 bits per heavy atom. The lowest BCUT2D eigenvalue weighted by molar-refractivity contribution is 0.305. The highest BCUT2D eigenvalue weighted by Gasteiger charge is 1.95. The maximum atomic E-state index is 9.09. The van der Waals surface area contributed by atoms with E-state index in [2.05, 4.69) is 0 Å². The Bertz CT molecular complexity index is 722. The van der Waals surface area contributed by atoms with E-state index >= 15 is 0 Å². The number of ether oxygens (including phenoxy) is 2. The molecule has 0 aromatic heterocycles. The van der Waals surface area contributed by atoms with E-state index in [-0.39, 0.29) is 11.5 Å². The number of benzene rings is 3. The molecule has 0 radical (unpaired) electrons. The van der Waals surface area contributed by atoms with Crippen molar-refractivity contribution in [3.8, 4) is 23.0 Å². The molecule has 0 aliphatic heterocycles. The predicted octanol–water partition coefficient (Wildman–Crippen LogP) is 4.76. The summed E-state index contributed by atoms with van der Waals surface area (Å²) in [6.07, 6.45) is 0. The summed E-state index contributed by atoms with van der Waals surface area (Å²) >= 11 is 0. The molecule has 3 aromatic carbocycles. The van der Waals surface area contributed by atoms with Gasteiger partial charge in [-0.25, -0.2) is 0 Å². The van der Waals surface area contributed by atoms with Crippen LogP contribution in [0.1, 0.15) is 12.5 Å². The molecule has 0 heterocycles. The third kappa shape index (κ3) is 6.87. The Balaban J connectivity index is 0.000000196. The third-order valence-corrected chi connectivity index (χ3v) is 3.23. The van der Waals surface area contributed by atoms with Crippen molar-refractivity contribution in [1.29, 1.82) is 0 Å². The molecule has 0 amide bonds. The number of rotatable bonds is 5. The zero-order valence-corrected chi connectivity index (χ0v) is 14.1. The van der Waals surface area contributed by atoms with Crippen LogP contribution in [0.4, 0.5) is 0 Å². The lowest BCUT2D eigenvalue weighted by atomic mass is 10.2.